The minimum absolute atomic E-state index is 0.227. The highest BCUT2D eigenvalue weighted by Gasteiger charge is 2.16. The molecule has 0 saturated carbocycles. The predicted octanol–water partition coefficient (Wildman–Crippen LogP) is 1.23. The summed E-state index contributed by atoms with van der Waals surface area (Å²) in [4.78, 5) is 10.2. The summed E-state index contributed by atoms with van der Waals surface area (Å²) in [7, 11) is 0. The van der Waals surface area contributed by atoms with Crippen molar-refractivity contribution in [2.45, 2.75) is 0 Å². The van der Waals surface area contributed by atoms with Gasteiger partial charge in [0.25, 0.3) is 0 Å². The number of rotatable bonds is 1. The van der Waals surface area contributed by atoms with Crippen LogP contribution in [0.3, 0.4) is 0 Å². The fraction of sp³-hybridized carbons (Fsp3) is 0. The minimum Gasteiger partial charge on any atom is -0.545 e. The summed E-state index contributed by atoms with van der Waals surface area (Å²) in [6.07, 6.45) is 0. The van der Waals surface area contributed by atoms with Gasteiger partial charge in [0, 0.05) is 5.56 Å². The van der Waals surface area contributed by atoms with Crippen molar-refractivity contribution in [1.29, 1.82) is 0 Å². The smallest absolute Gasteiger partial charge is 0.175 e. The van der Waals surface area contributed by atoms with E-state index in [2.05, 4.69) is 15.9 Å². The van der Waals surface area contributed by atoms with Crippen LogP contribution in [0.25, 0.3) is 0 Å². The summed E-state index contributed by atoms with van der Waals surface area (Å²) in [6.45, 7) is 0. The Bertz CT molecular complexity index is 378. The molecule has 0 aliphatic carbocycles. The summed E-state index contributed by atoms with van der Waals surface area (Å²) in [5.41, 5.74) is -1.02. The SMILES string of the molecule is O=C([O-])c1cc(F)c(F)c(Br)c1F. The molecule has 6 heteroatoms. The molecule has 0 atom stereocenters. The number of carbonyl (C=O) groups is 1. The Kier molecular flexibility index (Phi) is 2.60. The maximum atomic E-state index is 12.8. The van der Waals surface area contributed by atoms with Crippen LogP contribution in [0, 0.1) is 17.5 Å². The first-order chi connectivity index (χ1) is 5.95. The molecule has 0 radical (unpaired) electrons. The summed E-state index contributed by atoms with van der Waals surface area (Å²) in [5.74, 6) is -6.22. The maximum Gasteiger partial charge on any atom is 0.175 e. The van der Waals surface area contributed by atoms with E-state index in [4.69, 9.17) is 0 Å². The number of carboxylic acid groups (broad SMARTS) is 1. The molecule has 0 bridgehead atoms. The number of halogens is 4. The highest BCUT2D eigenvalue weighted by Crippen LogP contribution is 2.24. The van der Waals surface area contributed by atoms with E-state index in [0.717, 1.165) is 0 Å². The van der Waals surface area contributed by atoms with Crippen LogP contribution in [0.4, 0.5) is 13.2 Å². The molecule has 0 saturated heterocycles. The Morgan fingerprint density at radius 2 is 1.85 bits per heavy atom. The van der Waals surface area contributed by atoms with Crippen molar-refractivity contribution in [2.24, 2.45) is 0 Å². The number of carbonyl (C=O) groups excluding carboxylic acids is 1. The summed E-state index contributed by atoms with van der Waals surface area (Å²) >= 11 is 2.37. The van der Waals surface area contributed by atoms with Crippen LogP contribution in [0.1, 0.15) is 10.4 Å². The Labute approximate surface area is 79.1 Å². The average molecular weight is 254 g/mol. The lowest BCUT2D eigenvalue weighted by Crippen LogP contribution is -2.24. The number of hydrogen-bond donors (Lipinski definition) is 0. The van der Waals surface area contributed by atoms with Crippen molar-refractivity contribution in [2.75, 3.05) is 0 Å². The highest BCUT2D eigenvalue weighted by atomic mass is 79.9. The predicted molar refractivity (Wildman–Crippen MR) is 38.3 cm³/mol. The number of carboxylic acids is 1. The Hall–Kier alpha value is -1.04. The van der Waals surface area contributed by atoms with Crippen molar-refractivity contribution in [3.63, 3.8) is 0 Å². The van der Waals surface area contributed by atoms with E-state index >= 15 is 0 Å². The highest BCUT2D eigenvalue weighted by molar-refractivity contribution is 9.10. The van der Waals surface area contributed by atoms with Crippen LogP contribution in [-0.2, 0) is 0 Å². The first kappa shape index (κ1) is 10.0. The second kappa shape index (κ2) is 3.37. The van der Waals surface area contributed by atoms with Gasteiger partial charge in [-0.2, -0.15) is 0 Å². The molecular formula is C7HBrF3O2-. The summed E-state index contributed by atoms with van der Waals surface area (Å²) < 4.78 is 37.0. The monoisotopic (exact) mass is 253 g/mol. The van der Waals surface area contributed by atoms with E-state index in [1.807, 2.05) is 0 Å². The number of hydrogen-bond acceptors (Lipinski definition) is 2. The van der Waals surface area contributed by atoms with E-state index in [1.165, 1.54) is 0 Å². The van der Waals surface area contributed by atoms with Crippen LogP contribution >= 0.6 is 15.9 Å². The van der Waals surface area contributed by atoms with Crippen LogP contribution in [0.15, 0.2) is 10.5 Å². The summed E-state index contributed by atoms with van der Waals surface area (Å²) in [6, 6.07) is 0.227. The van der Waals surface area contributed by atoms with E-state index in [-0.39, 0.29) is 6.07 Å². The molecule has 1 aromatic carbocycles. The maximum absolute atomic E-state index is 12.8. The van der Waals surface area contributed by atoms with Crippen LogP contribution in [0.5, 0.6) is 0 Å². The molecular weight excluding hydrogens is 253 g/mol. The molecule has 0 spiro atoms. The molecule has 0 aliphatic rings. The van der Waals surface area contributed by atoms with Crippen LogP contribution in [-0.4, -0.2) is 5.97 Å². The molecule has 0 unspecified atom stereocenters. The molecule has 2 nitrogen and oxygen atoms in total. The second-order valence-corrected chi connectivity index (χ2v) is 2.93. The number of benzene rings is 1. The van der Waals surface area contributed by atoms with Gasteiger partial charge in [0.1, 0.15) is 5.82 Å². The zero-order chi connectivity index (χ0) is 10.2. The van der Waals surface area contributed by atoms with Gasteiger partial charge in [-0.05, 0) is 22.0 Å². The summed E-state index contributed by atoms with van der Waals surface area (Å²) in [5, 5.41) is 10.2. The normalized spacial score (nSPS) is 10.2. The van der Waals surface area contributed by atoms with Crippen molar-refractivity contribution in [3.05, 3.63) is 33.6 Å². The van der Waals surface area contributed by atoms with Gasteiger partial charge in [-0.3, -0.25) is 0 Å². The zero-order valence-corrected chi connectivity index (χ0v) is 7.49. The average Bonchev–Trinajstić information content (AvgIpc) is 2.07. The Balaban J connectivity index is 3.50. The second-order valence-electron chi connectivity index (χ2n) is 2.14. The quantitative estimate of drug-likeness (QED) is 0.558. The fourth-order valence-electron chi connectivity index (χ4n) is 0.721. The molecule has 0 amide bonds. The van der Waals surface area contributed by atoms with E-state index in [1.54, 1.807) is 0 Å². The topological polar surface area (TPSA) is 40.1 Å². The van der Waals surface area contributed by atoms with Crippen LogP contribution < -0.4 is 5.11 Å². The Morgan fingerprint density at radius 1 is 1.31 bits per heavy atom. The van der Waals surface area contributed by atoms with Gasteiger partial charge >= 0.3 is 0 Å². The third-order valence-corrected chi connectivity index (χ3v) is 2.02. The van der Waals surface area contributed by atoms with Gasteiger partial charge in [-0.1, -0.05) is 0 Å². The first-order valence-corrected chi connectivity index (χ1v) is 3.78. The van der Waals surface area contributed by atoms with Gasteiger partial charge in [0.05, 0.1) is 10.4 Å². The third kappa shape index (κ3) is 1.67. The standard InChI is InChI=1S/C7H2BrF3O2/c8-4-5(10)2(7(12)13)1-3(9)6(4)11/h1H,(H,12,13)/p-1. The van der Waals surface area contributed by atoms with Gasteiger partial charge in [0.15, 0.2) is 11.6 Å². The largest absolute Gasteiger partial charge is 0.545 e. The van der Waals surface area contributed by atoms with E-state index < -0.39 is 33.5 Å². The van der Waals surface area contributed by atoms with Crippen molar-refractivity contribution < 1.29 is 23.1 Å². The zero-order valence-electron chi connectivity index (χ0n) is 5.91. The lowest BCUT2D eigenvalue weighted by atomic mass is 10.2. The van der Waals surface area contributed by atoms with E-state index in [0.29, 0.717) is 0 Å². The molecule has 0 aliphatic heterocycles. The van der Waals surface area contributed by atoms with Crippen molar-refractivity contribution in [3.8, 4) is 0 Å². The molecule has 1 rings (SSSR count). The molecule has 0 fully saturated rings. The fourth-order valence-corrected chi connectivity index (χ4v) is 1.12. The molecule has 70 valence electrons. The number of aromatic carboxylic acids is 1. The molecule has 0 heterocycles. The molecule has 0 N–H and O–H groups in total. The molecule has 1 aromatic rings. The van der Waals surface area contributed by atoms with Crippen LogP contribution in [0.2, 0.25) is 0 Å². The van der Waals surface area contributed by atoms with Gasteiger partial charge in [0.2, 0.25) is 0 Å². The van der Waals surface area contributed by atoms with Gasteiger partial charge < -0.3 is 9.90 Å². The van der Waals surface area contributed by atoms with Crippen molar-refractivity contribution >= 4 is 21.9 Å². The van der Waals surface area contributed by atoms with E-state index in [9.17, 15) is 23.1 Å². The van der Waals surface area contributed by atoms with Crippen molar-refractivity contribution in [1.82, 2.24) is 0 Å². The first-order valence-electron chi connectivity index (χ1n) is 2.99. The minimum atomic E-state index is -1.91. The third-order valence-electron chi connectivity index (χ3n) is 1.32. The lowest BCUT2D eigenvalue weighted by Gasteiger charge is -2.06. The molecule has 0 aromatic heterocycles. The van der Waals surface area contributed by atoms with Gasteiger partial charge in [-0.25, -0.2) is 13.2 Å². The Morgan fingerprint density at radius 3 is 2.31 bits per heavy atom. The molecule has 13 heavy (non-hydrogen) atoms. The lowest BCUT2D eigenvalue weighted by molar-refractivity contribution is -0.255. The van der Waals surface area contributed by atoms with Gasteiger partial charge in [-0.15, -0.1) is 0 Å².